The second kappa shape index (κ2) is 7.88. The van der Waals surface area contributed by atoms with Crippen LogP contribution in [0.15, 0.2) is 53.4 Å². The molecule has 0 aliphatic rings. The molecule has 3 aromatic rings. The summed E-state index contributed by atoms with van der Waals surface area (Å²) in [6, 6.07) is 8.63. The number of pyridine rings is 1. The number of aryl methyl sites for hydroxylation is 1. The Hall–Kier alpha value is -2.38. The van der Waals surface area contributed by atoms with E-state index in [9.17, 15) is 4.79 Å². The van der Waals surface area contributed by atoms with Crippen LogP contribution < -0.4 is 10.1 Å². The van der Waals surface area contributed by atoms with Gasteiger partial charge in [0.1, 0.15) is 22.8 Å². The predicted octanol–water partition coefficient (Wildman–Crippen LogP) is 3.76. The van der Waals surface area contributed by atoms with Gasteiger partial charge in [-0.1, -0.05) is 23.7 Å². The number of nitrogens with zero attached hydrogens (tertiary/aromatic N) is 3. The molecule has 0 aliphatic heterocycles. The standard InChI is InChI=1S/C18H16BrClN4O2/c1-24-8-7-21-17(24)15(11-3-5-13(26-2)6-4-11)23-18(25)14-9-12(19)10-22-16(14)20/h3-10,15H,1-2H3,(H,23,25). The zero-order valence-corrected chi connectivity index (χ0v) is 16.5. The van der Waals surface area contributed by atoms with Crippen LogP contribution in [0.2, 0.25) is 5.15 Å². The Balaban J connectivity index is 1.97. The quantitative estimate of drug-likeness (QED) is 0.620. The third-order valence-corrected chi connectivity index (χ3v) is 4.63. The number of carbonyl (C=O) groups is 1. The first-order valence-electron chi connectivity index (χ1n) is 7.72. The summed E-state index contributed by atoms with van der Waals surface area (Å²) < 4.78 is 7.73. The third kappa shape index (κ3) is 3.89. The zero-order chi connectivity index (χ0) is 18.7. The van der Waals surface area contributed by atoms with Gasteiger partial charge in [0, 0.05) is 30.1 Å². The van der Waals surface area contributed by atoms with E-state index >= 15 is 0 Å². The van der Waals surface area contributed by atoms with Crippen LogP contribution in [0.3, 0.4) is 0 Å². The van der Waals surface area contributed by atoms with E-state index in [1.165, 1.54) is 0 Å². The molecule has 0 radical (unpaired) electrons. The van der Waals surface area contributed by atoms with Gasteiger partial charge in [-0.15, -0.1) is 0 Å². The van der Waals surface area contributed by atoms with Crippen LogP contribution in [0.1, 0.15) is 27.8 Å². The number of methoxy groups -OCH3 is 1. The maximum absolute atomic E-state index is 12.8. The minimum Gasteiger partial charge on any atom is -0.497 e. The van der Waals surface area contributed by atoms with Crippen molar-refractivity contribution in [3.8, 4) is 5.75 Å². The molecular weight excluding hydrogens is 420 g/mol. The molecule has 0 aliphatic carbocycles. The minimum atomic E-state index is -0.455. The van der Waals surface area contributed by atoms with Gasteiger partial charge in [0.25, 0.3) is 5.91 Å². The number of halogens is 2. The summed E-state index contributed by atoms with van der Waals surface area (Å²) in [6.45, 7) is 0. The Kier molecular flexibility index (Phi) is 5.58. The number of aromatic nitrogens is 3. The smallest absolute Gasteiger partial charge is 0.255 e. The number of imidazole rings is 1. The number of hydrogen-bond acceptors (Lipinski definition) is 4. The van der Waals surface area contributed by atoms with E-state index in [0.717, 1.165) is 11.3 Å². The van der Waals surface area contributed by atoms with Crippen molar-refractivity contribution in [2.45, 2.75) is 6.04 Å². The van der Waals surface area contributed by atoms with Crippen LogP contribution in [0, 0.1) is 0 Å². The van der Waals surface area contributed by atoms with Crippen molar-refractivity contribution < 1.29 is 9.53 Å². The summed E-state index contributed by atoms with van der Waals surface area (Å²) in [5.74, 6) is 1.09. The topological polar surface area (TPSA) is 69.0 Å². The van der Waals surface area contributed by atoms with Gasteiger partial charge in [0.2, 0.25) is 0 Å². The highest BCUT2D eigenvalue weighted by molar-refractivity contribution is 9.10. The molecule has 2 aromatic heterocycles. The fourth-order valence-corrected chi connectivity index (χ4v) is 3.06. The summed E-state index contributed by atoms with van der Waals surface area (Å²) >= 11 is 9.40. The minimum absolute atomic E-state index is 0.138. The molecule has 1 atom stereocenters. The van der Waals surface area contributed by atoms with Crippen LogP contribution in [-0.4, -0.2) is 27.6 Å². The van der Waals surface area contributed by atoms with E-state index in [2.05, 4.69) is 31.2 Å². The number of hydrogen-bond donors (Lipinski definition) is 1. The number of amides is 1. The fourth-order valence-electron chi connectivity index (χ4n) is 2.54. The van der Waals surface area contributed by atoms with Crippen molar-refractivity contribution >= 4 is 33.4 Å². The molecule has 8 heteroatoms. The average molecular weight is 436 g/mol. The lowest BCUT2D eigenvalue weighted by molar-refractivity contribution is 0.0941. The maximum atomic E-state index is 12.8. The van der Waals surface area contributed by atoms with Crippen LogP contribution in [-0.2, 0) is 7.05 Å². The van der Waals surface area contributed by atoms with Crippen molar-refractivity contribution in [2.24, 2.45) is 7.05 Å². The summed E-state index contributed by atoms with van der Waals surface area (Å²) in [6.07, 6.45) is 5.05. The first-order chi connectivity index (χ1) is 12.5. The van der Waals surface area contributed by atoms with Crippen molar-refractivity contribution in [2.75, 3.05) is 7.11 Å². The Morgan fingerprint density at radius 1 is 1.31 bits per heavy atom. The number of ether oxygens (including phenoxy) is 1. The molecule has 26 heavy (non-hydrogen) atoms. The summed E-state index contributed by atoms with van der Waals surface area (Å²) in [5.41, 5.74) is 1.15. The molecule has 0 spiro atoms. The Bertz CT molecular complexity index is 927. The van der Waals surface area contributed by atoms with Crippen molar-refractivity contribution in [1.82, 2.24) is 19.9 Å². The number of carbonyl (C=O) groups excluding carboxylic acids is 1. The third-order valence-electron chi connectivity index (χ3n) is 3.89. The van der Waals surface area contributed by atoms with Crippen LogP contribution >= 0.6 is 27.5 Å². The van der Waals surface area contributed by atoms with Gasteiger partial charge in [-0.3, -0.25) is 4.79 Å². The van der Waals surface area contributed by atoms with E-state index in [0.29, 0.717) is 10.3 Å². The van der Waals surface area contributed by atoms with Crippen LogP contribution in [0.4, 0.5) is 0 Å². The van der Waals surface area contributed by atoms with E-state index in [-0.39, 0.29) is 16.6 Å². The highest BCUT2D eigenvalue weighted by Crippen LogP contribution is 2.25. The fraction of sp³-hybridized carbons (Fsp3) is 0.167. The highest BCUT2D eigenvalue weighted by Gasteiger charge is 2.23. The van der Waals surface area contributed by atoms with Gasteiger partial charge < -0.3 is 14.6 Å². The summed E-state index contributed by atoms with van der Waals surface area (Å²) in [5, 5.41) is 3.13. The van der Waals surface area contributed by atoms with Crippen LogP contribution in [0.25, 0.3) is 0 Å². The molecular formula is C18H16BrClN4O2. The first-order valence-corrected chi connectivity index (χ1v) is 8.89. The molecule has 134 valence electrons. The molecule has 3 rings (SSSR count). The van der Waals surface area contributed by atoms with Crippen molar-refractivity contribution in [3.63, 3.8) is 0 Å². The number of nitrogens with one attached hydrogen (secondary N) is 1. The average Bonchev–Trinajstić information content (AvgIpc) is 3.07. The lowest BCUT2D eigenvalue weighted by atomic mass is 10.1. The second-order valence-electron chi connectivity index (χ2n) is 5.57. The zero-order valence-electron chi connectivity index (χ0n) is 14.1. The van der Waals surface area contributed by atoms with Crippen molar-refractivity contribution in [3.05, 3.63) is 75.5 Å². The van der Waals surface area contributed by atoms with Gasteiger partial charge in [0.15, 0.2) is 0 Å². The lowest BCUT2D eigenvalue weighted by Crippen LogP contribution is -2.31. The number of rotatable bonds is 5. The maximum Gasteiger partial charge on any atom is 0.255 e. The molecule has 1 amide bonds. The largest absolute Gasteiger partial charge is 0.497 e. The van der Waals surface area contributed by atoms with Gasteiger partial charge in [-0.05, 0) is 39.7 Å². The molecule has 2 heterocycles. The Labute approximate surface area is 164 Å². The highest BCUT2D eigenvalue weighted by atomic mass is 79.9. The van der Waals surface area contributed by atoms with Crippen molar-refractivity contribution in [1.29, 1.82) is 0 Å². The van der Waals surface area contributed by atoms with Gasteiger partial charge in [-0.25, -0.2) is 9.97 Å². The molecule has 0 saturated heterocycles. The summed E-state index contributed by atoms with van der Waals surface area (Å²) in [7, 11) is 3.48. The Morgan fingerprint density at radius 2 is 2.04 bits per heavy atom. The molecule has 0 saturated carbocycles. The number of benzene rings is 1. The van der Waals surface area contributed by atoms with Gasteiger partial charge in [-0.2, -0.15) is 0 Å². The van der Waals surface area contributed by atoms with E-state index < -0.39 is 6.04 Å². The summed E-state index contributed by atoms with van der Waals surface area (Å²) in [4.78, 5) is 21.2. The van der Waals surface area contributed by atoms with Crippen LogP contribution in [0.5, 0.6) is 5.75 Å². The molecule has 1 N–H and O–H groups in total. The monoisotopic (exact) mass is 434 g/mol. The SMILES string of the molecule is COc1ccc(C(NC(=O)c2cc(Br)cnc2Cl)c2nccn2C)cc1. The van der Waals surface area contributed by atoms with E-state index in [1.807, 2.05) is 42.1 Å². The second-order valence-corrected chi connectivity index (χ2v) is 6.84. The van der Waals surface area contributed by atoms with Gasteiger partial charge >= 0.3 is 0 Å². The molecule has 0 bridgehead atoms. The molecule has 6 nitrogen and oxygen atoms in total. The van der Waals surface area contributed by atoms with E-state index in [1.54, 1.807) is 25.6 Å². The molecule has 1 unspecified atom stereocenters. The predicted molar refractivity (Wildman–Crippen MR) is 102 cm³/mol. The first kappa shape index (κ1) is 18.4. The van der Waals surface area contributed by atoms with E-state index in [4.69, 9.17) is 16.3 Å². The Morgan fingerprint density at radius 3 is 2.65 bits per heavy atom. The lowest BCUT2D eigenvalue weighted by Gasteiger charge is -2.20. The normalized spacial score (nSPS) is 11.8. The molecule has 0 fully saturated rings. The van der Waals surface area contributed by atoms with Gasteiger partial charge in [0.05, 0.1) is 12.7 Å². The molecule has 1 aromatic carbocycles.